The van der Waals surface area contributed by atoms with E-state index in [0.717, 1.165) is 45.2 Å². The van der Waals surface area contributed by atoms with Crippen molar-refractivity contribution in [2.24, 2.45) is 5.92 Å². The summed E-state index contributed by atoms with van der Waals surface area (Å²) in [5, 5.41) is 3.34. The topological polar surface area (TPSA) is 52.7 Å². The van der Waals surface area contributed by atoms with Crippen LogP contribution in [0.4, 0.5) is 0 Å². The van der Waals surface area contributed by atoms with Crippen molar-refractivity contribution in [2.75, 3.05) is 39.8 Å². The summed E-state index contributed by atoms with van der Waals surface area (Å²) in [6, 6.07) is 0. The van der Waals surface area contributed by atoms with Gasteiger partial charge in [-0.15, -0.1) is 0 Å². The molecule has 2 heterocycles. The summed E-state index contributed by atoms with van der Waals surface area (Å²) in [6.07, 6.45) is 5.44. The molecule has 2 rings (SSSR count). The zero-order valence-electron chi connectivity index (χ0n) is 11.3. The van der Waals surface area contributed by atoms with Gasteiger partial charge in [0, 0.05) is 26.7 Å². The summed E-state index contributed by atoms with van der Waals surface area (Å²) < 4.78 is 28.0. The number of nitrogens with zero attached hydrogens (tertiary/aromatic N) is 2. The van der Waals surface area contributed by atoms with Gasteiger partial charge in [0.15, 0.2) is 0 Å². The molecule has 106 valence electrons. The Morgan fingerprint density at radius 2 is 1.94 bits per heavy atom. The molecule has 1 atom stereocenters. The van der Waals surface area contributed by atoms with Gasteiger partial charge in [0.2, 0.25) is 0 Å². The van der Waals surface area contributed by atoms with Crippen LogP contribution in [0.3, 0.4) is 0 Å². The highest BCUT2D eigenvalue weighted by molar-refractivity contribution is 7.86. The van der Waals surface area contributed by atoms with Crippen molar-refractivity contribution in [1.82, 2.24) is 13.9 Å². The Hall–Kier alpha value is -0.170. The Morgan fingerprint density at radius 3 is 2.56 bits per heavy atom. The van der Waals surface area contributed by atoms with Crippen molar-refractivity contribution in [3.8, 4) is 0 Å². The SMILES string of the molecule is CN(CC1CCCNC1)S(=O)(=O)N1CCCCC1. The van der Waals surface area contributed by atoms with Crippen LogP contribution >= 0.6 is 0 Å². The summed E-state index contributed by atoms with van der Waals surface area (Å²) in [7, 11) is -1.50. The number of hydrogen-bond acceptors (Lipinski definition) is 3. The highest BCUT2D eigenvalue weighted by Crippen LogP contribution is 2.18. The maximum atomic E-state index is 12.4. The second kappa shape index (κ2) is 6.32. The fourth-order valence-corrected chi connectivity index (χ4v) is 4.34. The van der Waals surface area contributed by atoms with Crippen molar-refractivity contribution in [3.63, 3.8) is 0 Å². The van der Waals surface area contributed by atoms with Crippen LogP contribution in [-0.4, -0.2) is 56.8 Å². The number of piperidine rings is 2. The molecular weight excluding hydrogens is 250 g/mol. The maximum Gasteiger partial charge on any atom is 0.281 e. The lowest BCUT2D eigenvalue weighted by Gasteiger charge is -2.33. The predicted octanol–water partition coefficient (Wildman–Crippen LogP) is 0.649. The van der Waals surface area contributed by atoms with E-state index in [4.69, 9.17) is 0 Å². The predicted molar refractivity (Wildman–Crippen MR) is 72.6 cm³/mol. The lowest BCUT2D eigenvalue weighted by molar-refractivity contribution is 0.280. The average Bonchev–Trinajstić information content (AvgIpc) is 2.41. The van der Waals surface area contributed by atoms with Gasteiger partial charge in [-0.05, 0) is 44.7 Å². The van der Waals surface area contributed by atoms with Gasteiger partial charge in [-0.1, -0.05) is 6.42 Å². The average molecular weight is 275 g/mol. The largest absolute Gasteiger partial charge is 0.316 e. The third kappa shape index (κ3) is 3.44. The van der Waals surface area contributed by atoms with E-state index >= 15 is 0 Å². The van der Waals surface area contributed by atoms with Crippen LogP contribution in [0.15, 0.2) is 0 Å². The van der Waals surface area contributed by atoms with Crippen molar-refractivity contribution in [1.29, 1.82) is 0 Å². The second-order valence-electron chi connectivity index (χ2n) is 5.46. The van der Waals surface area contributed by atoms with Gasteiger partial charge in [0.25, 0.3) is 10.2 Å². The Balaban J connectivity index is 1.91. The molecule has 0 spiro atoms. The third-order valence-electron chi connectivity index (χ3n) is 3.95. The van der Waals surface area contributed by atoms with E-state index in [9.17, 15) is 8.42 Å². The maximum absolute atomic E-state index is 12.4. The fraction of sp³-hybridized carbons (Fsp3) is 1.00. The van der Waals surface area contributed by atoms with Crippen LogP contribution in [0.25, 0.3) is 0 Å². The van der Waals surface area contributed by atoms with Crippen LogP contribution in [0.1, 0.15) is 32.1 Å². The normalized spacial score (nSPS) is 27.6. The van der Waals surface area contributed by atoms with E-state index in [1.807, 2.05) is 0 Å². The standard InChI is InChI=1S/C12H25N3O2S/c1-14(11-12-6-5-7-13-10-12)18(16,17)15-8-3-2-4-9-15/h12-13H,2-11H2,1H3. The molecule has 0 aromatic carbocycles. The van der Waals surface area contributed by atoms with E-state index in [1.165, 1.54) is 0 Å². The Labute approximate surface area is 111 Å². The Morgan fingerprint density at radius 1 is 1.22 bits per heavy atom. The highest BCUT2D eigenvalue weighted by atomic mass is 32.2. The van der Waals surface area contributed by atoms with Crippen molar-refractivity contribution in [3.05, 3.63) is 0 Å². The number of hydrogen-bond donors (Lipinski definition) is 1. The molecule has 0 amide bonds. The van der Waals surface area contributed by atoms with Crippen molar-refractivity contribution >= 4 is 10.2 Å². The summed E-state index contributed by atoms with van der Waals surface area (Å²) in [6.45, 7) is 4.04. The molecule has 5 nitrogen and oxygen atoms in total. The van der Waals surface area contributed by atoms with Crippen LogP contribution < -0.4 is 5.32 Å². The van der Waals surface area contributed by atoms with E-state index in [2.05, 4.69) is 5.32 Å². The van der Waals surface area contributed by atoms with Gasteiger partial charge in [-0.25, -0.2) is 0 Å². The zero-order valence-corrected chi connectivity index (χ0v) is 12.1. The molecule has 2 fully saturated rings. The molecule has 0 aliphatic carbocycles. The molecule has 1 unspecified atom stereocenters. The molecule has 0 aromatic heterocycles. The third-order valence-corrected chi connectivity index (χ3v) is 5.90. The van der Waals surface area contributed by atoms with Crippen molar-refractivity contribution in [2.45, 2.75) is 32.1 Å². The minimum absolute atomic E-state index is 0.461. The van der Waals surface area contributed by atoms with Crippen LogP contribution in [-0.2, 0) is 10.2 Å². The van der Waals surface area contributed by atoms with E-state index in [0.29, 0.717) is 25.6 Å². The summed E-state index contributed by atoms with van der Waals surface area (Å²) in [5.41, 5.74) is 0. The smallest absolute Gasteiger partial charge is 0.281 e. The zero-order chi connectivity index (χ0) is 13.0. The van der Waals surface area contributed by atoms with Crippen LogP contribution in [0, 0.1) is 5.92 Å². The van der Waals surface area contributed by atoms with Gasteiger partial charge < -0.3 is 5.32 Å². The van der Waals surface area contributed by atoms with Gasteiger partial charge in [-0.3, -0.25) is 0 Å². The Bertz CT molecular complexity index is 346. The van der Waals surface area contributed by atoms with Crippen LogP contribution in [0.5, 0.6) is 0 Å². The van der Waals surface area contributed by atoms with Gasteiger partial charge in [-0.2, -0.15) is 17.0 Å². The molecule has 0 saturated carbocycles. The lowest BCUT2D eigenvalue weighted by Crippen LogP contribution is -2.47. The first-order valence-electron chi connectivity index (χ1n) is 7.03. The second-order valence-corrected chi connectivity index (χ2v) is 7.50. The minimum Gasteiger partial charge on any atom is -0.316 e. The molecular formula is C12H25N3O2S. The van der Waals surface area contributed by atoms with E-state index in [1.54, 1.807) is 15.7 Å². The molecule has 2 aliphatic heterocycles. The summed E-state index contributed by atoms with van der Waals surface area (Å²) in [5.74, 6) is 0.461. The quantitative estimate of drug-likeness (QED) is 0.819. The summed E-state index contributed by atoms with van der Waals surface area (Å²) >= 11 is 0. The van der Waals surface area contributed by atoms with Gasteiger partial charge >= 0.3 is 0 Å². The molecule has 0 bridgehead atoms. The van der Waals surface area contributed by atoms with Crippen LogP contribution in [0.2, 0.25) is 0 Å². The molecule has 2 aliphatic rings. The first-order chi connectivity index (χ1) is 8.60. The minimum atomic E-state index is -3.22. The molecule has 2 saturated heterocycles. The lowest BCUT2D eigenvalue weighted by atomic mass is 10.00. The van der Waals surface area contributed by atoms with E-state index < -0.39 is 10.2 Å². The fourth-order valence-electron chi connectivity index (χ4n) is 2.83. The number of rotatable bonds is 4. The number of nitrogens with one attached hydrogen (secondary N) is 1. The monoisotopic (exact) mass is 275 g/mol. The first-order valence-corrected chi connectivity index (χ1v) is 8.42. The molecule has 18 heavy (non-hydrogen) atoms. The highest BCUT2D eigenvalue weighted by Gasteiger charge is 2.29. The molecule has 1 N–H and O–H groups in total. The molecule has 6 heteroatoms. The van der Waals surface area contributed by atoms with Crippen molar-refractivity contribution < 1.29 is 8.42 Å². The summed E-state index contributed by atoms with van der Waals surface area (Å²) in [4.78, 5) is 0. The van der Waals surface area contributed by atoms with Gasteiger partial charge in [0.05, 0.1) is 0 Å². The first kappa shape index (κ1) is 14.2. The Kier molecular flexibility index (Phi) is 5.00. The van der Waals surface area contributed by atoms with E-state index in [-0.39, 0.29) is 0 Å². The van der Waals surface area contributed by atoms with Gasteiger partial charge in [0.1, 0.15) is 0 Å². The molecule has 0 aromatic rings. The molecule has 0 radical (unpaired) electrons.